The number of carbonyl (C=O) groups excluding carboxylic acids is 1. The molecule has 170 valence electrons. The van der Waals surface area contributed by atoms with Gasteiger partial charge in [-0.05, 0) is 49.6 Å². The molecule has 4 heterocycles. The zero-order chi connectivity index (χ0) is 23.1. The summed E-state index contributed by atoms with van der Waals surface area (Å²) < 4.78 is 22.3. The summed E-state index contributed by atoms with van der Waals surface area (Å²) in [6, 6.07) is 7.88. The maximum atomic E-state index is 13.9. The summed E-state index contributed by atoms with van der Waals surface area (Å²) in [7, 11) is 0. The fourth-order valence-corrected chi connectivity index (χ4v) is 5.19. The van der Waals surface area contributed by atoms with E-state index in [1.807, 2.05) is 0 Å². The second-order valence-corrected chi connectivity index (χ2v) is 9.07. The van der Waals surface area contributed by atoms with Crippen LogP contribution in [0.4, 0.5) is 10.1 Å². The molecular formula is C23H21FN4O4S. The lowest BCUT2D eigenvalue weighted by Gasteiger charge is -2.15. The summed E-state index contributed by atoms with van der Waals surface area (Å²) in [5, 5.41) is 3.26. The molecule has 1 saturated heterocycles. The summed E-state index contributed by atoms with van der Waals surface area (Å²) in [6.07, 6.45) is 3.03. The maximum Gasteiger partial charge on any atom is 0.332 e. The van der Waals surface area contributed by atoms with E-state index in [0.29, 0.717) is 32.6 Å². The first-order chi connectivity index (χ1) is 15.9. The van der Waals surface area contributed by atoms with Crippen LogP contribution in [0.1, 0.15) is 18.4 Å². The zero-order valence-corrected chi connectivity index (χ0v) is 18.7. The van der Waals surface area contributed by atoms with Crippen LogP contribution in [0.5, 0.6) is 0 Å². The third-order valence-corrected chi connectivity index (χ3v) is 6.87. The van der Waals surface area contributed by atoms with Crippen molar-refractivity contribution in [2.75, 3.05) is 11.9 Å². The van der Waals surface area contributed by atoms with Gasteiger partial charge in [-0.25, -0.2) is 14.2 Å². The predicted octanol–water partition coefficient (Wildman–Crippen LogP) is 3.04. The van der Waals surface area contributed by atoms with Gasteiger partial charge < -0.3 is 10.1 Å². The molecule has 8 nitrogen and oxygen atoms in total. The fourth-order valence-electron chi connectivity index (χ4n) is 4.10. The number of pyridine rings is 1. The Labute approximate surface area is 191 Å². The number of aromatic nitrogens is 3. The number of thiophene rings is 1. The van der Waals surface area contributed by atoms with Gasteiger partial charge in [0, 0.05) is 23.9 Å². The van der Waals surface area contributed by atoms with Crippen LogP contribution < -0.4 is 16.6 Å². The predicted molar refractivity (Wildman–Crippen MR) is 124 cm³/mol. The molecule has 1 N–H and O–H groups in total. The van der Waals surface area contributed by atoms with E-state index < -0.39 is 23.0 Å². The molecule has 0 bridgehead atoms. The first-order valence-electron chi connectivity index (χ1n) is 10.6. The Kier molecular flexibility index (Phi) is 5.55. The van der Waals surface area contributed by atoms with E-state index in [-0.39, 0.29) is 24.9 Å². The average molecular weight is 469 g/mol. The highest BCUT2D eigenvalue weighted by molar-refractivity contribution is 7.25. The fraction of sp³-hybridized carbons (Fsp3) is 0.304. The van der Waals surface area contributed by atoms with Crippen molar-refractivity contribution < 1.29 is 13.9 Å². The minimum absolute atomic E-state index is 0.125. The van der Waals surface area contributed by atoms with Crippen molar-refractivity contribution in [3.63, 3.8) is 0 Å². The number of nitrogens with one attached hydrogen (secondary N) is 1. The van der Waals surface area contributed by atoms with E-state index in [2.05, 4.69) is 10.3 Å². The molecule has 0 spiro atoms. The van der Waals surface area contributed by atoms with Gasteiger partial charge in [-0.2, -0.15) is 0 Å². The highest BCUT2D eigenvalue weighted by atomic mass is 32.1. The Bertz CT molecular complexity index is 1500. The van der Waals surface area contributed by atoms with Gasteiger partial charge in [-0.3, -0.25) is 18.7 Å². The number of amides is 1. The minimum Gasteiger partial charge on any atom is -0.376 e. The summed E-state index contributed by atoms with van der Waals surface area (Å²) in [5.41, 5.74) is 0.135. The molecule has 5 rings (SSSR count). The second-order valence-electron chi connectivity index (χ2n) is 8.07. The monoisotopic (exact) mass is 468 g/mol. The highest BCUT2D eigenvalue weighted by Crippen LogP contribution is 2.29. The van der Waals surface area contributed by atoms with Crippen LogP contribution in [-0.4, -0.2) is 32.7 Å². The largest absolute Gasteiger partial charge is 0.376 e. The normalized spacial score (nSPS) is 16.0. The highest BCUT2D eigenvalue weighted by Gasteiger charge is 2.24. The van der Waals surface area contributed by atoms with Gasteiger partial charge in [0.05, 0.1) is 18.2 Å². The molecule has 0 aliphatic carbocycles. The van der Waals surface area contributed by atoms with E-state index in [1.165, 1.54) is 22.0 Å². The molecule has 3 aromatic heterocycles. The lowest BCUT2D eigenvalue weighted by atomic mass is 10.2. The van der Waals surface area contributed by atoms with Crippen molar-refractivity contribution in [3.05, 3.63) is 68.7 Å². The van der Waals surface area contributed by atoms with Crippen LogP contribution in [-0.2, 0) is 22.6 Å². The number of nitrogens with zero attached hydrogens (tertiary/aromatic N) is 3. The van der Waals surface area contributed by atoms with E-state index in [0.717, 1.165) is 17.4 Å². The van der Waals surface area contributed by atoms with Crippen molar-refractivity contribution in [3.8, 4) is 0 Å². The standard InChI is InChI=1S/C23H21FN4O4S/c1-13-6-7-14(10-17(13)24)26-18(29)12-27-19-16-5-2-8-25-21(16)33-20(19)22(30)28(23(27)31)11-15-4-3-9-32-15/h2,5-8,10,15H,3-4,9,11-12H2,1H3,(H,26,29)/t15-/m0/s1. The van der Waals surface area contributed by atoms with Gasteiger partial charge in [0.15, 0.2) is 0 Å². The number of halogens is 1. The smallest absolute Gasteiger partial charge is 0.332 e. The summed E-state index contributed by atoms with van der Waals surface area (Å²) in [5.74, 6) is -0.945. The third kappa shape index (κ3) is 3.96. The molecule has 33 heavy (non-hydrogen) atoms. The van der Waals surface area contributed by atoms with Gasteiger partial charge in [-0.15, -0.1) is 11.3 Å². The Balaban J connectivity index is 1.60. The average Bonchev–Trinajstić information content (AvgIpc) is 3.45. The van der Waals surface area contributed by atoms with Crippen LogP contribution in [0.15, 0.2) is 46.1 Å². The molecule has 1 atom stereocenters. The van der Waals surface area contributed by atoms with Crippen LogP contribution in [0.25, 0.3) is 20.4 Å². The van der Waals surface area contributed by atoms with Crippen LogP contribution >= 0.6 is 11.3 Å². The van der Waals surface area contributed by atoms with Crippen molar-refractivity contribution >= 4 is 43.4 Å². The topological polar surface area (TPSA) is 95.2 Å². The molecular weight excluding hydrogens is 447 g/mol. The van der Waals surface area contributed by atoms with Crippen molar-refractivity contribution in [1.29, 1.82) is 0 Å². The van der Waals surface area contributed by atoms with E-state index in [1.54, 1.807) is 37.4 Å². The molecule has 10 heteroatoms. The van der Waals surface area contributed by atoms with Gasteiger partial charge in [0.1, 0.15) is 21.9 Å². The molecule has 1 amide bonds. The minimum atomic E-state index is -0.586. The number of hydrogen-bond donors (Lipinski definition) is 1. The molecule has 1 aromatic carbocycles. The quantitative estimate of drug-likeness (QED) is 0.486. The Morgan fingerprint density at radius 1 is 1.30 bits per heavy atom. The Morgan fingerprint density at radius 2 is 2.15 bits per heavy atom. The molecule has 1 aliphatic heterocycles. The van der Waals surface area contributed by atoms with Gasteiger partial charge >= 0.3 is 5.69 Å². The number of fused-ring (bicyclic) bond motifs is 3. The molecule has 1 aliphatic rings. The number of ether oxygens (including phenoxy) is 1. The van der Waals surface area contributed by atoms with E-state index in [9.17, 15) is 18.8 Å². The number of benzene rings is 1. The van der Waals surface area contributed by atoms with Crippen molar-refractivity contribution in [2.45, 2.75) is 39.0 Å². The number of carbonyl (C=O) groups is 1. The molecule has 0 unspecified atom stereocenters. The van der Waals surface area contributed by atoms with Gasteiger partial charge in [0.25, 0.3) is 5.56 Å². The first-order valence-corrected chi connectivity index (χ1v) is 11.4. The Hall–Kier alpha value is -3.37. The summed E-state index contributed by atoms with van der Waals surface area (Å²) in [6.45, 7) is 2.01. The second kappa shape index (κ2) is 8.53. The number of aryl methyl sites for hydroxylation is 1. The molecule has 1 fully saturated rings. The number of anilines is 1. The van der Waals surface area contributed by atoms with Crippen molar-refractivity contribution in [2.24, 2.45) is 0 Å². The number of rotatable bonds is 5. The van der Waals surface area contributed by atoms with E-state index in [4.69, 9.17) is 4.74 Å². The molecule has 0 saturated carbocycles. The van der Waals surface area contributed by atoms with Gasteiger partial charge in [0.2, 0.25) is 5.91 Å². The Morgan fingerprint density at radius 3 is 2.91 bits per heavy atom. The zero-order valence-electron chi connectivity index (χ0n) is 17.8. The lowest BCUT2D eigenvalue weighted by Crippen LogP contribution is -2.43. The van der Waals surface area contributed by atoms with Crippen molar-refractivity contribution in [1.82, 2.24) is 14.1 Å². The molecule has 0 radical (unpaired) electrons. The number of hydrogen-bond acceptors (Lipinski definition) is 6. The van der Waals surface area contributed by atoms with Crippen LogP contribution in [0, 0.1) is 12.7 Å². The van der Waals surface area contributed by atoms with Crippen LogP contribution in [0.2, 0.25) is 0 Å². The summed E-state index contributed by atoms with van der Waals surface area (Å²) in [4.78, 5) is 44.5. The summed E-state index contributed by atoms with van der Waals surface area (Å²) >= 11 is 1.19. The van der Waals surface area contributed by atoms with E-state index >= 15 is 0 Å². The molecule has 4 aromatic rings. The third-order valence-electron chi connectivity index (χ3n) is 5.78. The SMILES string of the molecule is Cc1ccc(NC(=O)Cn2c(=O)n(C[C@@H]3CCCO3)c(=O)c3sc4ncccc4c32)cc1F. The lowest BCUT2D eigenvalue weighted by molar-refractivity contribution is -0.116. The first kappa shape index (κ1) is 21.5. The van der Waals surface area contributed by atoms with Crippen LogP contribution in [0.3, 0.4) is 0 Å². The van der Waals surface area contributed by atoms with Gasteiger partial charge in [-0.1, -0.05) is 6.07 Å². The maximum absolute atomic E-state index is 13.9.